The molecule has 2 aromatic rings. The van der Waals surface area contributed by atoms with Crippen LogP contribution < -0.4 is 0 Å². The first-order valence-corrected chi connectivity index (χ1v) is 6.07. The second-order valence-corrected chi connectivity index (χ2v) is 3.88. The second kappa shape index (κ2) is 7.07. The molecular weight excluding hydrogens is 264 g/mol. The van der Waals surface area contributed by atoms with E-state index >= 15 is 0 Å². The Hall–Kier alpha value is -2.64. The minimum atomic E-state index is -0.474. The van der Waals surface area contributed by atoms with Crippen molar-refractivity contribution in [2.45, 2.75) is 12.8 Å². The van der Waals surface area contributed by atoms with Crippen LogP contribution in [0.3, 0.4) is 0 Å². The average Bonchev–Trinajstić information content (AvgIpc) is 3.14. The SMILES string of the molecule is O=C(OCCCCOC(=O)n1ccnc1)n1ccnc1. The van der Waals surface area contributed by atoms with E-state index in [0.29, 0.717) is 12.8 Å². The van der Waals surface area contributed by atoms with Crippen molar-refractivity contribution in [3.8, 4) is 0 Å². The Balaban J connectivity index is 1.54. The highest BCUT2D eigenvalue weighted by Crippen LogP contribution is 1.97. The molecule has 2 aromatic heterocycles. The topological polar surface area (TPSA) is 88.2 Å². The number of aromatic nitrogens is 4. The molecule has 8 nitrogen and oxygen atoms in total. The summed E-state index contributed by atoms with van der Waals surface area (Å²) in [5.74, 6) is 0. The van der Waals surface area contributed by atoms with E-state index in [1.807, 2.05) is 0 Å². The van der Waals surface area contributed by atoms with E-state index in [4.69, 9.17) is 9.47 Å². The van der Waals surface area contributed by atoms with Crippen LogP contribution in [0.5, 0.6) is 0 Å². The summed E-state index contributed by atoms with van der Waals surface area (Å²) >= 11 is 0. The summed E-state index contributed by atoms with van der Waals surface area (Å²) in [5.41, 5.74) is 0. The fourth-order valence-electron chi connectivity index (χ4n) is 1.41. The summed E-state index contributed by atoms with van der Waals surface area (Å²) in [7, 11) is 0. The van der Waals surface area contributed by atoms with E-state index in [1.165, 1.54) is 46.6 Å². The van der Waals surface area contributed by atoms with Crippen LogP contribution >= 0.6 is 0 Å². The smallest absolute Gasteiger partial charge is 0.419 e. The first kappa shape index (κ1) is 13.8. The molecule has 0 aliphatic heterocycles. The van der Waals surface area contributed by atoms with Gasteiger partial charge >= 0.3 is 12.2 Å². The molecule has 0 aromatic carbocycles. The Kier molecular flexibility index (Phi) is 4.87. The molecule has 0 amide bonds. The van der Waals surface area contributed by atoms with E-state index in [-0.39, 0.29) is 13.2 Å². The lowest BCUT2D eigenvalue weighted by molar-refractivity contribution is 0.130. The van der Waals surface area contributed by atoms with Crippen LogP contribution in [0.25, 0.3) is 0 Å². The number of hydrogen-bond acceptors (Lipinski definition) is 6. The van der Waals surface area contributed by atoms with E-state index in [9.17, 15) is 9.59 Å². The number of carbonyl (C=O) groups is 2. The highest BCUT2D eigenvalue weighted by Gasteiger charge is 2.05. The van der Waals surface area contributed by atoms with Crippen LogP contribution in [0, 0.1) is 0 Å². The van der Waals surface area contributed by atoms with Crippen molar-refractivity contribution in [3.63, 3.8) is 0 Å². The van der Waals surface area contributed by atoms with Crippen LogP contribution in [0.2, 0.25) is 0 Å². The zero-order valence-electron chi connectivity index (χ0n) is 10.7. The Morgan fingerprint density at radius 1 is 0.850 bits per heavy atom. The molecule has 2 heterocycles. The molecule has 0 saturated heterocycles. The molecule has 0 aliphatic carbocycles. The highest BCUT2D eigenvalue weighted by molar-refractivity contribution is 5.70. The molecule has 0 fully saturated rings. The van der Waals surface area contributed by atoms with Crippen molar-refractivity contribution in [3.05, 3.63) is 37.4 Å². The minimum Gasteiger partial charge on any atom is -0.449 e. The Morgan fingerprint density at radius 3 is 1.65 bits per heavy atom. The number of ether oxygens (including phenoxy) is 2. The van der Waals surface area contributed by atoms with Gasteiger partial charge < -0.3 is 9.47 Å². The van der Waals surface area contributed by atoms with Crippen molar-refractivity contribution >= 4 is 12.2 Å². The van der Waals surface area contributed by atoms with E-state index < -0.39 is 12.2 Å². The third-order valence-electron chi connectivity index (χ3n) is 2.42. The van der Waals surface area contributed by atoms with Gasteiger partial charge in [0.2, 0.25) is 0 Å². The molecule has 106 valence electrons. The van der Waals surface area contributed by atoms with Gasteiger partial charge in [-0.05, 0) is 12.8 Å². The van der Waals surface area contributed by atoms with E-state index in [2.05, 4.69) is 9.97 Å². The quantitative estimate of drug-likeness (QED) is 0.771. The van der Waals surface area contributed by atoms with Gasteiger partial charge in [0.15, 0.2) is 0 Å². The fourth-order valence-corrected chi connectivity index (χ4v) is 1.41. The summed E-state index contributed by atoms with van der Waals surface area (Å²) in [6.45, 7) is 0.527. The standard InChI is InChI=1S/C12H14N4O4/c17-11(15-5-3-13-9-15)19-7-1-2-8-20-12(18)16-6-4-14-10-16/h3-6,9-10H,1-2,7-8H2. The number of carbonyl (C=O) groups excluding carboxylic acids is 2. The number of nitrogens with zero attached hydrogens (tertiary/aromatic N) is 4. The lowest BCUT2D eigenvalue weighted by atomic mass is 10.3. The van der Waals surface area contributed by atoms with Crippen LogP contribution in [-0.2, 0) is 9.47 Å². The molecular formula is C12H14N4O4. The molecule has 0 bridgehead atoms. The van der Waals surface area contributed by atoms with Crippen LogP contribution in [0.1, 0.15) is 12.8 Å². The van der Waals surface area contributed by atoms with Crippen LogP contribution in [-0.4, -0.2) is 44.5 Å². The van der Waals surface area contributed by atoms with Gasteiger partial charge in [0, 0.05) is 24.8 Å². The summed E-state index contributed by atoms with van der Waals surface area (Å²) in [4.78, 5) is 30.3. The lowest BCUT2D eigenvalue weighted by Crippen LogP contribution is -2.14. The number of hydrogen-bond donors (Lipinski definition) is 0. The van der Waals surface area contributed by atoms with Gasteiger partial charge in [-0.15, -0.1) is 0 Å². The third-order valence-corrected chi connectivity index (χ3v) is 2.42. The average molecular weight is 278 g/mol. The van der Waals surface area contributed by atoms with Crippen molar-refractivity contribution < 1.29 is 19.1 Å². The highest BCUT2D eigenvalue weighted by atomic mass is 16.6. The van der Waals surface area contributed by atoms with Gasteiger partial charge in [-0.3, -0.25) is 0 Å². The Labute approximate surface area is 115 Å². The van der Waals surface area contributed by atoms with Gasteiger partial charge in [0.05, 0.1) is 13.2 Å². The lowest BCUT2D eigenvalue weighted by Gasteiger charge is -2.06. The van der Waals surface area contributed by atoms with Crippen molar-refractivity contribution in [1.29, 1.82) is 0 Å². The van der Waals surface area contributed by atoms with Crippen LogP contribution in [0.15, 0.2) is 37.4 Å². The Bertz CT molecular complexity index is 486. The Morgan fingerprint density at radius 2 is 1.30 bits per heavy atom. The predicted octanol–water partition coefficient (Wildman–Crippen LogP) is 1.53. The maximum atomic E-state index is 11.4. The normalized spacial score (nSPS) is 10.2. The number of rotatable bonds is 5. The molecule has 2 rings (SSSR count). The summed E-state index contributed by atoms with van der Waals surface area (Å²) < 4.78 is 12.5. The second-order valence-electron chi connectivity index (χ2n) is 3.88. The summed E-state index contributed by atoms with van der Waals surface area (Å²) in [6, 6.07) is 0. The molecule has 0 atom stereocenters. The first-order valence-electron chi connectivity index (χ1n) is 6.07. The minimum absolute atomic E-state index is 0.264. The van der Waals surface area contributed by atoms with E-state index in [0.717, 1.165) is 0 Å². The largest absolute Gasteiger partial charge is 0.449 e. The van der Waals surface area contributed by atoms with Crippen molar-refractivity contribution in [2.24, 2.45) is 0 Å². The molecule has 0 radical (unpaired) electrons. The first-order chi connectivity index (χ1) is 9.77. The molecule has 0 spiro atoms. The van der Waals surface area contributed by atoms with Gasteiger partial charge in [-0.1, -0.05) is 0 Å². The van der Waals surface area contributed by atoms with Crippen LogP contribution in [0.4, 0.5) is 9.59 Å². The van der Waals surface area contributed by atoms with Crippen molar-refractivity contribution in [1.82, 2.24) is 19.1 Å². The maximum Gasteiger partial charge on any atom is 0.419 e. The molecule has 0 unspecified atom stereocenters. The molecule has 8 heteroatoms. The predicted molar refractivity (Wildman–Crippen MR) is 67.2 cm³/mol. The summed E-state index contributed by atoms with van der Waals surface area (Å²) in [6.07, 6.45) is 9.02. The zero-order chi connectivity index (χ0) is 14.2. The summed E-state index contributed by atoms with van der Waals surface area (Å²) in [5, 5.41) is 0. The monoisotopic (exact) mass is 278 g/mol. The molecule has 0 N–H and O–H groups in total. The van der Waals surface area contributed by atoms with Gasteiger partial charge in [0.1, 0.15) is 12.7 Å². The molecule has 0 aliphatic rings. The third kappa shape index (κ3) is 3.94. The van der Waals surface area contributed by atoms with Gasteiger partial charge in [-0.25, -0.2) is 28.7 Å². The molecule has 0 saturated carbocycles. The number of imidazole rings is 2. The number of unbranched alkanes of at least 4 members (excludes halogenated alkanes) is 1. The molecule has 20 heavy (non-hydrogen) atoms. The maximum absolute atomic E-state index is 11.4. The van der Waals surface area contributed by atoms with Gasteiger partial charge in [0.25, 0.3) is 0 Å². The van der Waals surface area contributed by atoms with Gasteiger partial charge in [-0.2, -0.15) is 0 Å². The van der Waals surface area contributed by atoms with Crippen molar-refractivity contribution in [2.75, 3.05) is 13.2 Å². The van der Waals surface area contributed by atoms with E-state index in [1.54, 1.807) is 0 Å². The zero-order valence-corrected chi connectivity index (χ0v) is 10.7. The fraction of sp³-hybridized carbons (Fsp3) is 0.333.